The SMILES string of the molecule is CC1CCCCCN1C(=O)/C=C/c1ccc(N)cc1. The Hall–Kier alpha value is -1.77. The number of carbonyl (C=O) groups is 1. The molecule has 19 heavy (non-hydrogen) atoms. The number of rotatable bonds is 2. The third-order valence-electron chi connectivity index (χ3n) is 3.69. The number of amides is 1. The minimum absolute atomic E-state index is 0.117. The van der Waals surface area contributed by atoms with Crippen LogP contribution in [0.5, 0.6) is 0 Å². The van der Waals surface area contributed by atoms with Gasteiger partial charge < -0.3 is 10.6 Å². The molecule has 1 aromatic rings. The number of nitrogens with zero attached hydrogens (tertiary/aromatic N) is 1. The lowest BCUT2D eigenvalue weighted by Crippen LogP contribution is -2.37. The highest BCUT2D eigenvalue weighted by Crippen LogP contribution is 2.17. The van der Waals surface area contributed by atoms with E-state index in [1.165, 1.54) is 12.8 Å². The molecule has 1 unspecified atom stereocenters. The first kappa shape index (κ1) is 13.7. The molecule has 1 fully saturated rings. The van der Waals surface area contributed by atoms with Crippen LogP contribution in [0.2, 0.25) is 0 Å². The van der Waals surface area contributed by atoms with E-state index in [1.807, 2.05) is 35.2 Å². The fourth-order valence-corrected chi connectivity index (χ4v) is 2.47. The smallest absolute Gasteiger partial charge is 0.246 e. The molecule has 0 bridgehead atoms. The zero-order valence-electron chi connectivity index (χ0n) is 11.5. The molecule has 1 atom stereocenters. The van der Waals surface area contributed by atoms with E-state index in [0.29, 0.717) is 6.04 Å². The first-order valence-electron chi connectivity index (χ1n) is 7.01. The summed E-state index contributed by atoms with van der Waals surface area (Å²) in [6.07, 6.45) is 8.22. The van der Waals surface area contributed by atoms with Crippen LogP contribution >= 0.6 is 0 Å². The lowest BCUT2D eigenvalue weighted by atomic mass is 10.1. The van der Waals surface area contributed by atoms with Gasteiger partial charge in [0.15, 0.2) is 0 Å². The molecule has 0 radical (unpaired) electrons. The first-order valence-corrected chi connectivity index (χ1v) is 7.01. The first-order chi connectivity index (χ1) is 9.16. The lowest BCUT2D eigenvalue weighted by molar-refractivity contribution is -0.127. The fraction of sp³-hybridized carbons (Fsp3) is 0.438. The van der Waals surface area contributed by atoms with Crippen LogP contribution in [0.4, 0.5) is 5.69 Å². The van der Waals surface area contributed by atoms with Crippen molar-refractivity contribution in [1.82, 2.24) is 4.90 Å². The van der Waals surface area contributed by atoms with Crippen LogP contribution < -0.4 is 5.73 Å². The van der Waals surface area contributed by atoms with Crippen molar-refractivity contribution >= 4 is 17.7 Å². The Bertz CT molecular complexity index is 450. The zero-order valence-corrected chi connectivity index (χ0v) is 11.5. The molecule has 1 aliphatic heterocycles. The normalized spacial score (nSPS) is 20.5. The molecular weight excluding hydrogens is 236 g/mol. The largest absolute Gasteiger partial charge is 0.399 e. The Morgan fingerprint density at radius 3 is 2.74 bits per heavy atom. The minimum Gasteiger partial charge on any atom is -0.399 e. The van der Waals surface area contributed by atoms with Gasteiger partial charge in [-0.15, -0.1) is 0 Å². The number of likely N-dealkylation sites (tertiary alicyclic amines) is 1. The Balaban J connectivity index is 2.01. The number of nitrogen functional groups attached to an aromatic ring is 1. The van der Waals surface area contributed by atoms with Gasteiger partial charge in [-0.3, -0.25) is 4.79 Å². The monoisotopic (exact) mass is 258 g/mol. The quantitative estimate of drug-likeness (QED) is 0.654. The van der Waals surface area contributed by atoms with Gasteiger partial charge in [0.1, 0.15) is 0 Å². The molecule has 1 saturated heterocycles. The molecule has 3 nitrogen and oxygen atoms in total. The van der Waals surface area contributed by atoms with Crippen molar-refractivity contribution in [1.29, 1.82) is 0 Å². The molecule has 3 heteroatoms. The molecule has 1 aliphatic rings. The fourth-order valence-electron chi connectivity index (χ4n) is 2.47. The van der Waals surface area contributed by atoms with Gasteiger partial charge >= 0.3 is 0 Å². The molecule has 0 saturated carbocycles. The van der Waals surface area contributed by atoms with Crippen molar-refractivity contribution in [2.24, 2.45) is 0 Å². The van der Waals surface area contributed by atoms with Gasteiger partial charge in [-0.25, -0.2) is 0 Å². The van der Waals surface area contributed by atoms with E-state index in [4.69, 9.17) is 5.73 Å². The molecule has 1 aromatic carbocycles. The highest BCUT2D eigenvalue weighted by atomic mass is 16.2. The Morgan fingerprint density at radius 2 is 2.00 bits per heavy atom. The summed E-state index contributed by atoms with van der Waals surface area (Å²) in [4.78, 5) is 14.2. The summed E-state index contributed by atoms with van der Waals surface area (Å²) in [5.74, 6) is 0.117. The van der Waals surface area contributed by atoms with E-state index >= 15 is 0 Å². The highest BCUT2D eigenvalue weighted by molar-refractivity contribution is 5.92. The molecule has 2 N–H and O–H groups in total. The minimum atomic E-state index is 0.117. The maximum Gasteiger partial charge on any atom is 0.246 e. The summed E-state index contributed by atoms with van der Waals surface area (Å²) in [6, 6.07) is 7.89. The second kappa shape index (κ2) is 6.41. The second-order valence-corrected chi connectivity index (χ2v) is 5.23. The number of carbonyl (C=O) groups excluding carboxylic acids is 1. The lowest BCUT2D eigenvalue weighted by Gasteiger charge is -2.25. The van der Waals surface area contributed by atoms with E-state index < -0.39 is 0 Å². The van der Waals surface area contributed by atoms with Crippen molar-refractivity contribution in [2.75, 3.05) is 12.3 Å². The molecule has 0 aliphatic carbocycles. The van der Waals surface area contributed by atoms with E-state index in [1.54, 1.807) is 6.08 Å². The molecule has 102 valence electrons. The van der Waals surface area contributed by atoms with Crippen LogP contribution in [-0.4, -0.2) is 23.4 Å². The van der Waals surface area contributed by atoms with Crippen LogP contribution in [0.3, 0.4) is 0 Å². The summed E-state index contributed by atoms with van der Waals surface area (Å²) in [5.41, 5.74) is 7.38. The van der Waals surface area contributed by atoms with Gasteiger partial charge in [-0.1, -0.05) is 25.0 Å². The van der Waals surface area contributed by atoms with Crippen molar-refractivity contribution in [3.63, 3.8) is 0 Å². The van der Waals surface area contributed by atoms with Crippen LogP contribution in [0.15, 0.2) is 30.3 Å². The number of hydrogen-bond acceptors (Lipinski definition) is 2. The number of nitrogens with two attached hydrogens (primary N) is 1. The van der Waals surface area contributed by atoms with Crippen LogP contribution in [0.1, 0.15) is 38.2 Å². The number of hydrogen-bond donors (Lipinski definition) is 1. The van der Waals surface area contributed by atoms with Gasteiger partial charge in [0, 0.05) is 24.4 Å². The molecule has 1 heterocycles. The van der Waals surface area contributed by atoms with Gasteiger partial charge in [-0.05, 0) is 43.5 Å². The van der Waals surface area contributed by atoms with Gasteiger partial charge in [0.05, 0.1) is 0 Å². The van der Waals surface area contributed by atoms with Gasteiger partial charge in [-0.2, -0.15) is 0 Å². The highest BCUT2D eigenvalue weighted by Gasteiger charge is 2.19. The Kier molecular flexibility index (Phi) is 4.61. The third-order valence-corrected chi connectivity index (χ3v) is 3.69. The van der Waals surface area contributed by atoms with Gasteiger partial charge in [0.25, 0.3) is 0 Å². The maximum absolute atomic E-state index is 12.2. The summed E-state index contributed by atoms with van der Waals surface area (Å²) in [5, 5.41) is 0. The average Bonchev–Trinajstić information content (AvgIpc) is 2.62. The third kappa shape index (κ3) is 3.85. The van der Waals surface area contributed by atoms with Crippen LogP contribution in [0.25, 0.3) is 6.08 Å². The van der Waals surface area contributed by atoms with E-state index in [2.05, 4.69) is 6.92 Å². The number of anilines is 1. The topological polar surface area (TPSA) is 46.3 Å². The van der Waals surface area contributed by atoms with Crippen molar-refractivity contribution < 1.29 is 4.79 Å². The van der Waals surface area contributed by atoms with Crippen molar-refractivity contribution in [3.8, 4) is 0 Å². The van der Waals surface area contributed by atoms with Crippen molar-refractivity contribution in [3.05, 3.63) is 35.9 Å². The van der Waals surface area contributed by atoms with E-state index in [9.17, 15) is 4.79 Å². The molecule has 0 aromatic heterocycles. The predicted molar refractivity (Wildman–Crippen MR) is 79.5 cm³/mol. The van der Waals surface area contributed by atoms with E-state index in [-0.39, 0.29) is 5.91 Å². The summed E-state index contributed by atoms with van der Waals surface area (Å²) >= 11 is 0. The Labute approximate surface area is 115 Å². The molecule has 0 spiro atoms. The molecule has 2 rings (SSSR count). The average molecular weight is 258 g/mol. The molecular formula is C16H22N2O. The van der Waals surface area contributed by atoms with Gasteiger partial charge in [0.2, 0.25) is 5.91 Å². The summed E-state index contributed by atoms with van der Waals surface area (Å²) in [6.45, 7) is 3.02. The standard InChI is InChI=1S/C16H22N2O/c1-13-5-3-2-4-12-18(13)16(19)11-8-14-6-9-15(17)10-7-14/h6-11,13H,2-5,12,17H2,1H3/b11-8+. The predicted octanol–water partition coefficient (Wildman–Crippen LogP) is 3.07. The van der Waals surface area contributed by atoms with Crippen molar-refractivity contribution in [2.45, 2.75) is 38.6 Å². The summed E-state index contributed by atoms with van der Waals surface area (Å²) < 4.78 is 0. The van der Waals surface area contributed by atoms with E-state index in [0.717, 1.165) is 30.6 Å². The summed E-state index contributed by atoms with van der Waals surface area (Å²) in [7, 11) is 0. The Morgan fingerprint density at radius 1 is 1.26 bits per heavy atom. The maximum atomic E-state index is 12.2. The zero-order chi connectivity index (χ0) is 13.7. The van der Waals surface area contributed by atoms with Crippen LogP contribution in [-0.2, 0) is 4.79 Å². The number of benzene rings is 1. The second-order valence-electron chi connectivity index (χ2n) is 5.23. The molecule has 1 amide bonds. The van der Waals surface area contributed by atoms with Crippen LogP contribution in [0, 0.1) is 0 Å².